The molecule has 6 heteroatoms. The number of hydrogen-bond acceptors (Lipinski definition) is 4. The molecule has 0 aliphatic rings. The highest BCUT2D eigenvalue weighted by atomic mass is 35.5. The van der Waals surface area contributed by atoms with Gasteiger partial charge in [-0.2, -0.15) is 13.7 Å². The molecule has 1 rings (SSSR count). The fraction of sp³-hybridized carbons (Fsp3) is 0.100. The Morgan fingerprint density at radius 2 is 2.00 bits per heavy atom. The van der Waals surface area contributed by atoms with Crippen molar-refractivity contribution in [1.29, 1.82) is 5.26 Å². The lowest BCUT2D eigenvalue weighted by Crippen LogP contribution is -1.97. The van der Waals surface area contributed by atoms with E-state index < -0.39 is 10.1 Å². The zero-order chi connectivity index (χ0) is 12.2. The van der Waals surface area contributed by atoms with Gasteiger partial charge in [-0.15, -0.1) is 0 Å². The lowest BCUT2D eigenvalue weighted by Gasteiger charge is -2.00. The third kappa shape index (κ3) is 3.93. The number of rotatable bonds is 3. The Morgan fingerprint density at radius 3 is 2.44 bits per heavy atom. The third-order valence-corrected chi connectivity index (χ3v) is 2.31. The summed E-state index contributed by atoms with van der Waals surface area (Å²) in [4.78, 5) is 0. The molecule has 0 saturated heterocycles. The molecule has 0 atom stereocenters. The van der Waals surface area contributed by atoms with Crippen molar-refractivity contribution in [3.63, 3.8) is 0 Å². The predicted octanol–water partition coefficient (Wildman–Crippen LogP) is 2.18. The van der Waals surface area contributed by atoms with Crippen LogP contribution in [0.3, 0.4) is 0 Å². The molecule has 0 fully saturated rings. The van der Waals surface area contributed by atoms with Crippen LogP contribution in [-0.4, -0.2) is 14.7 Å². The maximum absolute atomic E-state index is 10.7. The van der Waals surface area contributed by atoms with Gasteiger partial charge in [0, 0.05) is 5.02 Å². The lowest BCUT2D eigenvalue weighted by atomic mass is 10.1. The van der Waals surface area contributed by atoms with Gasteiger partial charge in [-0.3, -0.25) is 0 Å². The summed E-state index contributed by atoms with van der Waals surface area (Å²) in [5.41, 5.74) is 0.651. The van der Waals surface area contributed by atoms with Crippen molar-refractivity contribution in [1.82, 2.24) is 0 Å². The molecule has 0 spiro atoms. The van der Waals surface area contributed by atoms with E-state index >= 15 is 0 Å². The second-order valence-electron chi connectivity index (χ2n) is 2.95. The summed E-state index contributed by atoms with van der Waals surface area (Å²) in [5.74, 6) is 0. The standard InChI is InChI=1S/C10H8ClNO3S/c1-16(13,14)15-7-9(6-12)8-2-4-10(11)5-3-8/h2-5,7H,1H3/b9-7+. The number of nitrogens with zero attached hydrogens (tertiary/aromatic N) is 1. The van der Waals surface area contributed by atoms with Crippen LogP contribution in [0, 0.1) is 11.3 Å². The van der Waals surface area contributed by atoms with Crippen molar-refractivity contribution >= 4 is 27.3 Å². The van der Waals surface area contributed by atoms with Gasteiger partial charge in [-0.05, 0) is 17.7 Å². The summed E-state index contributed by atoms with van der Waals surface area (Å²) < 4.78 is 25.9. The second-order valence-corrected chi connectivity index (χ2v) is 4.99. The van der Waals surface area contributed by atoms with Crippen molar-refractivity contribution in [3.05, 3.63) is 41.1 Å². The molecular weight excluding hydrogens is 250 g/mol. The summed E-state index contributed by atoms with van der Waals surface area (Å²) in [6, 6.07) is 8.24. The first kappa shape index (κ1) is 12.6. The maximum atomic E-state index is 10.7. The molecule has 1 aromatic rings. The molecule has 1 aromatic carbocycles. The van der Waals surface area contributed by atoms with Crippen LogP contribution in [0.1, 0.15) is 5.56 Å². The summed E-state index contributed by atoms with van der Waals surface area (Å²) in [6.45, 7) is 0. The van der Waals surface area contributed by atoms with Crippen LogP contribution < -0.4 is 0 Å². The normalized spacial score (nSPS) is 11.9. The molecule has 0 aliphatic carbocycles. The van der Waals surface area contributed by atoms with E-state index in [1.54, 1.807) is 24.3 Å². The quantitative estimate of drug-likeness (QED) is 0.473. The van der Waals surface area contributed by atoms with Crippen molar-refractivity contribution in [2.75, 3.05) is 6.26 Å². The fourth-order valence-electron chi connectivity index (χ4n) is 0.924. The predicted molar refractivity (Wildman–Crippen MR) is 61.0 cm³/mol. The van der Waals surface area contributed by atoms with E-state index in [-0.39, 0.29) is 5.57 Å². The van der Waals surface area contributed by atoms with Gasteiger partial charge in [0.2, 0.25) is 0 Å². The number of halogens is 1. The molecule has 0 amide bonds. The SMILES string of the molecule is CS(=O)(=O)O/C=C(\C#N)c1ccc(Cl)cc1. The molecule has 0 radical (unpaired) electrons. The average Bonchev–Trinajstić information content (AvgIpc) is 2.20. The minimum absolute atomic E-state index is 0.113. The molecular formula is C10H8ClNO3S. The molecule has 16 heavy (non-hydrogen) atoms. The van der Waals surface area contributed by atoms with Crippen molar-refractivity contribution < 1.29 is 12.6 Å². The van der Waals surface area contributed by atoms with E-state index in [1.165, 1.54) is 0 Å². The maximum Gasteiger partial charge on any atom is 0.305 e. The van der Waals surface area contributed by atoms with Gasteiger partial charge in [0.1, 0.15) is 12.3 Å². The Kier molecular flexibility index (Phi) is 3.93. The Bertz CT molecular complexity index is 540. The van der Waals surface area contributed by atoms with Gasteiger partial charge >= 0.3 is 10.1 Å². The van der Waals surface area contributed by atoms with Gasteiger partial charge in [0.15, 0.2) is 0 Å². The second kappa shape index (κ2) is 5.01. The molecule has 0 N–H and O–H groups in total. The van der Waals surface area contributed by atoms with Gasteiger partial charge in [-0.25, -0.2) is 0 Å². The topological polar surface area (TPSA) is 67.2 Å². The number of benzene rings is 1. The van der Waals surface area contributed by atoms with Crippen LogP contribution in [0.25, 0.3) is 5.57 Å². The van der Waals surface area contributed by atoms with E-state index in [9.17, 15) is 8.42 Å². The van der Waals surface area contributed by atoms with E-state index in [2.05, 4.69) is 4.18 Å². The van der Waals surface area contributed by atoms with E-state index in [0.717, 1.165) is 12.5 Å². The smallest absolute Gasteiger partial charge is 0.305 e. The highest BCUT2D eigenvalue weighted by molar-refractivity contribution is 7.86. The van der Waals surface area contributed by atoms with E-state index in [1.807, 2.05) is 6.07 Å². The van der Waals surface area contributed by atoms with Crippen molar-refractivity contribution in [2.45, 2.75) is 0 Å². The summed E-state index contributed by atoms with van der Waals surface area (Å²) >= 11 is 5.68. The van der Waals surface area contributed by atoms with Gasteiger partial charge < -0.3 is 4.18 Å². The summed E-state index contributed by atoms with van der Waals surface area (Å²) in [5, 5.41) is 9.35. The van der Waals surface area contributed by atoms with E-state index in [4.69, 9.17) is 16.9 Å². The average molecular weight is 258 g/mol. The molecule has 0 aliphatic heterocycles. The van der Waals surface area contributed by atoms with Crippen LogP contribution in [-0.2, 0) is 14.3 Å². The minimum Gasteiger partial charge on any atom is -0.389 e. The monoisotopic (exact) mass is 257 g/mol. The molecule has 0 bridgehead atoms. The highest BCUT2D eigenvalue weighted by Gasteiger charge is 2.04. The molecule has 0 heterocycles. The van der Waals surface area contributed by atoms with Crippen LogP contribution in [0.2, 0.25) is 5.02 Å². The van der Waals surface area contributed by atoms with Crippen LogP contribution in [0.15, 0.2) is 30.5 Å². The Hall–Kier alpha value is -1.51. The molecule has 0 saturated carbocycles. The summed E-state index contributed by atoms with van der Waals surface area (Å²) in [6.07, 6.45) is 1.80. The van der Waals surface area contributed by atoms with Crippen LogP contribution in [0.5, 0.6) is 0 Å². The zero-order valence-electron chi connectivity index (χ0n) is 8.34. The highest BCUT2D eigenvalue weighted by Crippen LogP contribution is 2.17. The fourth-order valence-corrected chi connectivity index (χ4v) is 1.32. The number of hydrogen-bond donors (Lipinski definition) is 0. The number of allylic oxidation sites excluding steroid dienone is 1. The first-order valence-corrected chi connectivity index (χ1v) is 6.36. The van der Waals surface area contributed by atoms with Gasteiger partial charge in [0.25, 0.3) is 0 Å². The number of nitriles is 1. The largest absolute Gasteiger partial charge is 0.389 e. The third-order valence-electron chi connectivity index (χ3n) is 1.62. The molecule has 4 nitrogen and oxygen atoms in total. The van der Waals surface area contributed by atoms with E-state index in [0.29, 0.717) is 10.6 Å². The Labute approximate surface area is 98.8 Å². The van der Waals surface area contributed by atoms with Crippen molar-refractivity contribution in [2.24, 2.45) is 0 Å². The molecule has 0 aromatic heterocycles. The molecule has 84 valence electrons. The van der Waals surface area contributed by atoms with Gasteiger partial charge in [0.05, 0.1) is 11.8 Å². The van der Waals surface area contributed by atoms with Crippen LogP contribution >= 0.6 is 11.6 Å². The lowest BCUT2D eigenvalue weighted by molar-refractivity contribution is 0.451. The van der Waals surface area contributed by atoms with Gasteiger partial charge in [-0.1, -0.05) is 23.7 Å². The summed E-state index contributed by atoms with van der Waals surface area (Å²) in [7, 11) is -3.60. The minimum atomic E-state index is -3.60. The molecule has 0 unspecified atom stereocenters. The first-order valence-electron chi connectivity index (χ1n) is 4.17. The zero-order valence-corrected chi connectivity index (χ0v) is 9.92. The van der Waals surface area contributed by atoms with Crippen LogP contribution in [0.4, 0.5) is 0 Å². The Balaban J connectivity index is 3.00. The van der Waals surface area contributed by atoms with Crippen molar-refractivity contribution in [3.8, 4) is 6.07 Å². The first-order chi connectivity index (χ1) is 7.42. The Morgan fingerprint density at radius 1 is 1.44 bits per heavy atom.